The van der Waals surface area contributed by atoms with E-state index in [1.54, 1.807) is 0 Å². The maximum Gasteiger partial charge on any atom is 0.426 e. The molecule has 0 radical (unpaired) electrons. The van der Waals surface area contributed by atoms with Crippen molar-refractivity contribution in [2.75, 3.05) is 6.61 Å². The first-order valence-corrected chi connectivity index (χ1v) is 7.76. The highest BCUT2D eigenvalue weighted by molar-refractivity contribution is 8.14. The predicted molar refractivity (Wildman–Crippen MR) is 55.6 cm³/mol. The number of unbranched alkanes of at least 4 members (excludes halogenated alkanes) is 2. The second-order valence-electron chi connectivity index (χ2n) is 3.43. The van der Waals surface area contributed by atoms with Gasteiger partial charge in [0.15, 0.2) is 0 Å². The first-order valence-electron chi connectivity index (χ1n) is 4.81. The Morgan fingerprint density at radius 2 is 1.93 bits per heavy atom. The van der Waals surface area contributed by atoms with Gasteiger partial charge in [0.1, 0.15) is 10.5 Å². The lowest BCUT2D eigenvalue weighted by atomic mass is 10.2. The zero-order valence-corrected chi connectivity index (χ0v) is 10.2. The molecule has 1 fully saturated rings. The van der Waals surface area contributed by atoms with E-state index in [4.69, 9.17) is 5.11 Å². The fourth-order valence-electron chi connectivity index (χ4n) is 1.36. The van der Waals surface area contributed by atoms with Crippen LogP contribution in [0.1, 0.15) is 32.6 Å². The summed E-state index contributed by atoms with van der Waals surface area (Å²) in [5.74, 6) is 0. The molecule has 6 nitrogen and oxygen atoms in total. The smallest absolute Gasteiger partial charge is 0.395 e. The monoisotopic (exact) mass is 260 g/mol. The Bertz CT molecular complexity index is 332. The Morgan fingerprint density at radius 3 is 2.33 bits per heavy atom. The van der Waals surface area contributed by atoms with E-state index in [-0.39, 0.29) is 0 Å². The van der Waals surface area contributed by atoms with Crippen LogP contribution in [0.4, 0.5) is 0 Å². The summed E-state index contributed by atoms with van der Waals surface area (Å²) < 4.78 is 41.2. The molecule has 1 N–H and O–H groups in total. The number of hydrogen-bond donors (Lipinski definition) is 2. The molecule has 1 rings (SSSR count). The van der Waals surface area contributed by atoms with Crippen LogP contribution >= 0.6 is 0 Å². The summed E-state index contributed by atoms with van der Waals surface area (Å²) in [6.45, 7) is 1.62. The van der Waals surface area contributed by atoms with Crippen molar-refractivity contribution in [3.8, 4) is 0 Å². The molecule has 0 aliphatic carbocycles. The minimum absolute atomic E-state index is 0.392. The predicted octanol–water partition coefficient (Wildman–Crippen LogP) is 0.0659. The SMILES string of the molecule is CCCCC[C@@H](CO)[SH]1(=O)OS(=O)(=O)O1. The molecule has 1 aliphatic heterocycles. The van der Waals surface area contributed by atoms with Crippen LogP contribution < -0.4 is 0 Å². The van der Waals surface area contributed by atoms with Gasteiger partial charge < -0.3 is 5.11 Å². The molecule has 1 atom stereocenters. The van der Waals surface area contributed by atoms with Gasteiger partial charge in [0.05, 0.1) is 11.9 Å². The van der Waals surface area contributed by atoms with Gasteiger partial charge in [-0.15, -0.1) is 7.26 Å². The molecule has 92 valence electrons. The molecule has 0 amide bonds. The Labute approximate surface area is 90.7 Å². The van der Waals surface area contributed by atoms with Crippen LogP contribution in [0, 0.1) is 0 Å². The van der Waals surface area contributed by atoms with E-state index >= 15 is 0 Å². The molecule has 0 saturated carbocycles. The number of hydrogen-bond acceptors (Lipinski definition) is 6. The maximum absolute atomic E-state index is 11.6. The average molecular weight is 260 g/mol. The van der Waals surface area contributed by atoms with Crippen LogP contribution in [0.15, 0.2) is 0 Å². The first kappa shape index (κ1) is 13.0. The highest BCUT2D eigenvalue weighted by Gasteiger charge is 2.46. The molecule has 1 heterocycles. The lowest BCUT2D eigenvalue weighted by molar-refractivity contribution is 0.251. The molecule has 0 aromatic heterocycles. The second kappa shape index (κ2) is 4.88. The zero-order chi connectivity index (χ0) is 11.5. The van der Waals surface area contributed by atoms with Gasteiger partial charge in [0.2, 0.25) is 0 Å². The number of aliphatic hydroxyl groups excluding tert-OH is 1. The van der Waals surface area contributed by atoms with Crippen molar-refractivity contribution >= 4 is 20.9 Å². The molecule has 0 spiro atoms. The van der Waals surface area contributed by atoms with Gasteiger partial charge in [0, 0.05) is 0 Å². The summed E-state index contributed by atoms with van der Waals surface area (Å²) in [5.41, 5.74) is 0. The number of aliphatic hydroxyl groups is 1. The number of thiol groups is 1. The molecule has 15 heavy (non-hydrogen) atoms. The van der Waals surface area contributed by atoms with Crippen molar-refractivity contribution in [2.45, 2.75) is 37.9 Å². The van der Waals surface area contributed by atoms with Gasteiger partial charge in [-0.05, 0) is 6.42 Å². The fourth-order valence-corrected chi connectivity index (χ4v) is 5.11. The molecule has 0 bridgehead atoms. The van der Waals surface area contributed by atoms with Crippen molar-refractivity contribution < 1.29 is 25.0 Å². The quantitative estimate of drug-likeness (QED) is 0.519. The second-order valence-corrected chi connectivity index (χ2v) is 7.25. The summed E-state index contributed by atoms with van der Waals surface area (Å²) >= 11 is 0. The molecule has 8 heteroatoms. The van der Waals surface area contributed by atoms with Gasteiger partial charge in [-0.25, -0.2) is 4.21 Å². The number of rotatable bonds is 6. The van der Waals surface area contributed by atoms with Crippen LogP contribution in [-0.2, 0) is 28.2 Å². The zero-order valence-electron chi connectivity index (χ0n) is 8.46. The van der Waals surface area contributed by atoms with Crippen LogP contribution in [0.2, 0.25) is 0 Å². The first-order chi connectivity index (χ1) is 6.93. The van der Waals surface area contributed by atoms with Crippen LogP contribution in [0.3, 0.4) is 0 Å². The Hall–Kier alpha value is -0.0200. The highest BCUT2D eigenvalue weighted by Crippen LogP contribution is 2.34. The lowest BCUT2D eigenvalue weighted by Crippen LogP contribution is -2.47. The minimum Gasteiger partial charge on any atom is -0.395 e. The fraction of sp³-hybridized carbons (Fsp3) is 1.00. The molecule has 0 aromatic rings. The summed E-state index contributed by atoms with van der Waals surface area (Å²) in [7, 11) is -7.65. The van der Waals surface area contributed by atoms with Crippen LogP contribution in [-0.4, -0.2) is 29.6 Å². The summed E-state index contributed by atoms with van der Waals surface area (Å²) in [6, 6.07) is 0. The van der Waals surface area contributed by atoms with E-state index in [0.29, 0.717) is 6.42 Å². The Balaban J connectivity index is 2.49. The van der Waals surface area contributed by atoms with Crippen molar-refractivity contribution in [2.24, 2.45) is 0 Å². The third-order valence-electron chi connectivity index (χ3n) is 2.19. The van der Waals surface area contributed by atoms with E-state index in [1.807, 2.05) is 6.92 Å². The van der Waals surface area contributed by atoms with Crippen molar-refractivity contribution in [1.82, 2.24) is 0 Å². The van der Waals surface area contributed by atoms with E-state index in [9.17, 15) is 12.6 Å². The van der Waals surface area contributed by atoms with Crippen molar-refractivity contribution in [1.29, 1.82) is 0 Å². The summed E-state index contributed by atoms with van der Waals surface area (Å²) in [6.07, 6.45) is 3.13. The third kappa shape index (κ3) is 3.22. The molecular formula is C7H16O6S2. The Morgan fingerprint density at radius 1 is 1.33 bits per heavy atom. The van der Waals surface area contributed by atoms with E-state index in [2.05, 4.69) is 7.26 Å². The standard InChI is InChI=1S/C7H16O6S2/c1-2-3-4-5-7(6-8)14(9)12-15(10,11)13-14/h7-8,14H,2-6H2,1H3/t7-/m0/s1. The third-order valence-corrected chi connectivity index (χ3v) is 6.63. The molecule has 1 aliphatic rings. The van der Waals surface area contributed by atoms with Gasteiger partial charge >= 0.3 is 10.4 Å². The topological polar surface area (TPSA) is 89.9 Å². The summed E-state index contributed by atoms with van der Waals surface area (Å²) in [4.78, 5) is 0. The van der Waals surface area contributed by atoms with E-state index < -0.39 is 32.8 Å². The van der Waals surface area contributed by atoms with Crippen LogP contribution in [0.5, 0.6) is 0 Å². The maximum atomic E-state index is 11.6. The molecule has 1 saturated heterocycles. The van der Waals surface area contributed by atoms with Gasteiger partial charge in [-0.2, -0.15) is 8.42 Å². The minimum atomic E-state index is -4.05. The Kier molecular flexibility index (Phi) is 4.24. The van der Waals surface area contributed by atoms with Crippen molar-refractivity contribution in [3.05, 3.63) is 0 Å². The molecule has 0 unspecified atom stereocenters. The largest absolute Gasteiger partial charge is 0.426 e. The highest BCUT2D eigenvalue weighted by atomic mass is 32.4. The average Bonchev–Trinajstić information content (AvgIpc) is 2.08. The molecule has 0 aromatic carbocycles. The summed E-state index contributed by atoms with van der Waals surface area (Å²) in [5, 5.41) is 8.24. The van der Waals surface area contributed by atoms with Gasteiger partial charge in [0.25, 0.3) is 0 Å². The van der Waals surface area contributed by atoms with Gasteiger partial charge in [-0.1, -0.05) is 26.2 Å². The van der Waals surface area contributed by atoms with Gasteiger partial charge in [-0.3, -0.25) is 0 Å². The normalized spacial score (nSPS) is 26.5. The van der Waals surface area contributed by atoms with E-state index in [1.165, 1.54) is 0 Å². The van der Waals surface area contributed by atoms with E-state index in [0.717, 1.165) is 19.3 Å². The van der Waals surface area contributed by atoms with Crippen LogP contribution in [0.25, 0.3) is 0 Å². The van der Waals surface area contributed by atoms with Crippen molar-refractivity contribution in [3.63, 3.8) is 0 Å². The molecular weight excluding hydrogens is 244 g/mol. The lowest BCUT2D eigenvalue weighted by Gasteiger charge is -2.35.